The number of aryl methyl sites for hydroxylation is 2. The molecule has 0 bridgehead atoms. The second-order valence-corrected chi connectivity index (χ2v) is 5.81. The van der Waals surface area contributed by atoms with Crippen molar-refractivity contribution < 1.29 is 0 Å². The van der Waals surface area contributed by atoms with Crippen molar-refractivity contribution in [1.29, 1.82) is 0 Å². The van der Waals surface area contributed by atoms with E-state index in [2.05, 4.69) is 66.0 Å². The molecule has 2 rings (SSSR count). The van der Waals surface area contributed by atoms with Crippen LogP contribution in [0.3, 0.4) is 0 Å². The fourth-order valence-corrected chi connectivity index (χ4v) is 2.92. The number of rotatable bonds is 3. The smallest absolute Gasteiger partial charge is 0.0450 e. The summed E-state index contributed by atoms with van der Waals surface area (Å²) in [4.78, 5) is 2.20. The lowest BCUT2D eigenvalue weighted by molar-refractivity contribution is 1.17. The Morgan fingerprint density at radius 2 is 1.68 bits per heavy atom. The van der Waals surface area contributed by atoms with E-state index >= 15 is 0 Å². The third-order valence-corrected chi connectivity index (χ3v) is 3.98. The fraction of sp³-hybridized carbons (Fsp3) is 0.250. The molecular weight excluding hydrogens is 322 g/mol. The van der Waals surface area contributed by atoms with Gasteiger partial charge in [-0.25, -0.2) is 0 Å². The van der Waals surface area contributed by atoms with E-state index in [1.807, 2.05) is 12.1 Å². The highest BCUT2D eigenvalue weighted by Crippen LogP contribution is 2.31. The van der Waals surface area contributed by atoms with Gasteiger partial charge >= 0.3 is 0 Å². The zero-order chi connectivity index (χ0) is 14.0. The van der Waals surface area contributed by atoms with Crippen LogP contribution in [0.1, 0.15) is 16.7 Å². The third-order valence-electron chi connectivity index (χ3n) is 3.14. The lowest BCUT2D eigenvalue weighted by Gasteiger charge is -2.23. The molecule has 100 valence electrons. The van der Waals surface area contributed by atoms with Crippen molar-refractivity contribution in [2.75, 3.05) is 11.9 Å². The zero-order valence-electron chi connectivity index (χ0n) is 11.4. The van der Waals surface area contributed by atoms with Crippen LogP contribution in [0.2, 0.25) is 5.02 Å². The van der Waals surface area contributed by atoms with Crippen LogP contribution in [0.5, 0.6) is 0 Å². The first-order valence-corrected chi connectivity index (χ1v) is 7.67. The molecule has 0 fully saturated rings. The number of hydrogen-bond donors (Lipinski definition) is 0. The molecule has 0 atom stereocenters. The molecule has 2 aromatic rings. The minimum absolute atomic E-state index is 0.770. The highest BCUT2D eigenvalue weighted by atomic mass is 79.9. The van der Waals surface area contributed by atoms with E-state index in [1.54, 1.807) is 0 Å². The molecule has 0 radical (unpaired) electrons. The number of anilines is 2. The Morgan fingerprint density at radius 3 is 2.26 bits per heavy atom. The van der Waals surface area contributed by atoms with Gasteiger partial charge in [-0.05, 0) is 60.9 Å². The molecule has 0 N–H and O–H groups in total. The zero-order valence-corrected chi connectivity index (χ0v) is 13.7. The van der Waals surface area contributed by atoms with E-state index in [0.717, 1.165) is 10.4 Å². The molecule has 0 aliphatic carbocycles. The quantitative estimate of drug-likeness (QED) is 0.657. The van der Waals surface area contributed by atoms with Crippen molar-refractivity contribution in [1.82, 2.24) is 0 Å². The van der Waals surface area contributed by atoms with Gasteiger partial charge in [-0.2, -0.15) is 0 Å². The fourth-order valence-electron chi connectivity index (χ4n) is 2.27. The van der Waals surface area contributed by atoms with Gasteiger partial charge in [0.15, 0.2) is 0 Å². The average molecular weight is 339 g/mol. The van der Waals surface area contributed by atoms with Crippen LogP contribution in [-0.4, -0.2) is 7.05 Å². The number of alkyl halides is 1. The van der Waals surface area contributed by atoms with Crippen molar-refractivity contribution in [2.45, 2.75) is 19.2 Å². The molecule has 2 aromatic carbocycles. The van der Waals surface area contributed by atoms with Gasteiger partial charge in [-0.1, -0.05) is 33.6 Å². The van der Waals surface area contributed by atoms with Crippen LogP contribution in [-0.2, 0) is 5.33 Å². The number of hydrogen-bond acceptors (Lipinski definition) is 1. The van der Waals surface area contributed by atoms with Gasteiger partial charge in [0.1, 0.15) is 0 Å². The van der Waals surface area contributed by atoms with Crippen LogP contribution < -0.4 is 4.90 Å². The van der Waals surface area contributed by atoms with E-state index in [4.69, 9.17) is 11.6 Å². The highest BCUT2D eigenvalue weighted by Gasteiger charge is 2.10. The molecular formula is C16H17BrClN. The summed E-state index contributed by atoms with van der Waals surface area (Å²) in [7, 11) is 2.09. The lowest BCUT2D eigenvalue weighted by atomic mass is 10.1. The summed E-state index contributed by atoms with van der Waals surface area (Å²) in [6.45, 7) is 4.25. The molecule has 0 unspecified atom stereocenters. The molecule has 0 aliphatic rings. The molecule has 1 nitrogen and oxygen atoms in total. The van der Waals surface area contributed by atoms with Crippen LogP contribution in [0.15, 0.2) is 36.4 Å². The summed E-state index contributed by atoms with van der Waals surface area (Å²) in [5, 5.41) is 1.56. The van der Waals surface area contributed by atoms with E-state index in [0.29, 0.717) is 0 Å². The minimum atomic E-state index is 0.770. The van der Waals surface area contributed by atoms with Crippen molar-refractivity contribution in [3.8, 4) is 0 Å². The molecule has 0 aromatic heterocycles. The van der Waals surface area contributed by atoms with Crippen LogP contribution in [0, 0.1) is 13.8 Å². The van der Waals surface area contributed by atoms with Crippen molar-refractivity contribution in [2.24, 2.45) is 0 Å². The van der Waals surface area contributed by atoms with Gasteiger partial charge in [-0.15, -0.1) is 0 Å². The molecule has 19 heavy (non-hydrogen) atoms. The van der Waals surface area contributed by atoms with Crippen molar-refractivity contribution in [3.05, 3.63) is 58.1 Å². The second kappa shape index (κ2) is 5.98. The van der Waals surface area contributed by atoms with Crippen LogP contribution in [0.25, 0.3) is 0 Å². The topological polar surface area (TPSA) is 3.24 Å². The predicted octanol–water partition coefficient (Wildman–Crippen LogP) is 5.62. The Kier molecular flexibility index (Phi) is 4.54. The van der Waals surface area contributed by atoms with Crippen LogP contribution >= 0.6 is 27.5 Å². The highest BCUT2D eigenvalue weighted by molar-refractivity contribution is 9.08. The molecule has 0 spiro atoms. The Labute approximate surface area is 128 Å². The maximum absolute atomic E-state index is 6.06. The minimum Gasteiger partial charge on any atom is -0.344 e. The summed E-state index contributed by atoms with van der Waals surface area (Å²) in [6, 6.07) is 12.6. The Balaban J connectivity index is 2.46. The van der Waals surface area contributed by atoms with Gasteiger partial charge in [0.25, 0.3) is 0 Å². The first-order valence-electron chi connectivity index (χ1n) is 6.17. The summed E-state index contributed by atoms with van der Waals surface area (Å²) in [5.41, 5.74) is 6.11. The number of benzene rings is 2. The molecule has 0 aliphatic heterocycles. The largest absolute Gasteiger partial charge is 0.344 e. The molecule has 0 saturated carbocycles. The van der Waals surface area contributed by atoms with Crippen molar-refractivity contribution >= 4 is 38.9 Å². The first kappa shape index (κ1) is 14.4. The third kappa shape index (κ3) is 3.31. The molecule has 0 saturated heterocycles. The lowest BCUT2D eigenvalue weighted by Crippen LogP contribution is -2.11. The Hall–Kier alpha value is -0.990. The van der Waals surface area contributed by atoms with Gasteiger partial charge < -0.3 is 4.90 Å². The molecule has 0 amide bonds. The summed E-state index contributed by atoms with van der Waals surface area (Å²) in [5.74, 6) is 0. The second-order valence-electron chi connectivity index (χ2n) is 4.81. The maximum atomic E-state index is 6.06. The van der Waals surface area contributed by atoms with E-state index in [9.17, 15) is 0 Å². The number of nitrogens with zero attached hydrogens (tertiary/aromatic N) is 1. The van der Waals surface area contributed by atoms with Gasteiger partial charge in [0.05, 0.1) is 0 Å². The van der Waals surface area contributed by atoms with Gasteiger partial charge in [0, 0.05) is 28.8 Å². The van der Waals surface area contributed by atoms with E-state index in [-0.39, 0.29) is 0 Å². The first-order chi connectivity index (χ1) is 9.01. The summed E-state index contributed by atoms with van der Waals surface area (Å²) < 4.78 is 0. The monoisotopic (exact) mass is 337 g/mol. The summed E-state index contributed by atoms with van der Waals surface area (Å²) >= 11 is 9.58. The predicted molar refractivity (Wildman–Crippen MR) is 88.1 cm³/mol. The van der Waals surface area contributed by atoms with E-state index in [1.165, 1.54) is 28.1 Å². The van der Waals surface area contributed by atoms with Crippen molar-refractivity contribution in [3.63, 3.8) is 0 Å². The van der Waals surface area contributed by atoms with Crippen LogP contribution in [0.4, 0.5) is 11.4 Å². The van der Waals surface area contributed by atoms with E-state index < -0.39 is 0 Å². The maximum Gasteiger partial charge on any atom is 0.0450 e. The van der Waals surface area contributed by atoms with Gasteiger partial charge in [-0.3, -0.25) is 0 Å². The number of halogens is 2. The Bertz CT molecular complexity index is 575. The average Bonchev–Trinajstić information content (AvgIpc) is 2.36. The normalized spacial score (nSPS) is 10.6. The SMILES string of the molecule is Cc1cc(C)cc(N(C)c2ccc(Cl)cc2CBr)c1. The standard InChI is InChI=1S/C16H17BrClN/c1-11-6-12(2)8-15(7-11)19(3)16-5-4-14(18)9-13(16)10-17/h4-9H,10H2,1-3H3. The molecule has 3 heteroatoms. The van der Waals surface area contributed by atoms with Gasteiger partial charge in [0.2, 0.25) is 0 Å². The Morgan fingerprint density at radius 1 is 1.05 bits per heavy atom. The molecule has 0 heterocycles. The summed E-state index contributed by atoms with van der Waals surface area (Å²) in [6.07, 6.45) is 0.